The van der Waals surface area contributed by atoms with Crippen molar-refractivity contribution < 1.29 is 8.78 Å². The van der Waals surface area contributed by atoms with E-state index in [1.165, 1.54) is 0 Å². The lowest BCUT2D eigenvalue weighted by molar-refractivity contribution is 0.602. The van der Waals surface area contributed by atoms with Crippen molar-refractivity contribution in [2.75, 3.05) is 19.0 Å². The van der Waals surface area contributed by atoms with Gasteiger partial charge in [-0.2, -0.15) is 0 Å². The summed E-state index contributed by atoms with van der Waals surface area (Å²) >= 11 is 5.54. The molecule has 0 bridgehead atoms. The van der Waals surface area contributed by atoms with Crippen molar-refractivity contribution in [2.45, 2.75) is 0 Å². The zero-order valence-electron chi connectivity index (χ0n) is 11.3. The number of anilines is 1. The van der Waals surface area contributed by atoms with E-state index in [1.807, 2.05) is 25.1 Å². The van der Waals surface area contributed by atoms with E-state index in [0.29, 0.717) is 11.2 Å². The van der Waals surface area contributed by atoms with Crippen molar-refractivity contribution in [3.8, 4) is 11.4 Å². The largest absolute Gasteiger partial charge is 0.363 e. The number of aromatic nitrogens is 3. The summed E-state index contributed by atoms with van der Waals surface area (Å²) in [5, 5.41) is -0.264. The molecule has 3 rings (SSSR count). The van der Waals surface area contributed by atoms with Gasteiger partial charge in [0.05, 0.1) is 16.1 Å². The maximum Gasteiger partial charge on any atom is 0.180 e. The van der Waals surface area contributed by atoms with Crippen LogP contribution in [0.15, 0.2) is 24.3 Å². The fraction of sp³-hybridized carbons (Fsp3) is 0.143. The fourth-order valence-electron chi connectivity index (χ4n) is 1.96. The maximum atomic E-state index is 13.9. The van der Waals surface area contributed by atoms with Gasteiger partial charge < -0.3 is 9.88 Å². The van der Waals surface area contributed by atoms with Crippen molar-refractivity contribution in [3.63, 3.8) is 0 Å². The molecule has 4 nitrogen and oxygen atoms in total. The summed E-state index contributed by atoms with van der Waals surface area (Å²) in [4.78, 5) is 13.3. The van der Waals surface area contributed by atoms with Crippen LogP contribution >= 0.6 is 11.6 Å². The van der Waals surface area contributed by atoms with Crippen molar-refractivity contribution in [1.29, 1.82) is 0 Å². The quantitative estimate of drug-likeness (QED) is 0.735. The van der Waals surface area contributed by atoms with Crippen LogP contribution in [-0.2, 0) is 0 Å². The van der Waals surface area contributed by atoms with E-state index < -0.39 is 11.6 Å². The molecule has 1 aromatic carbocycles. The average molecular weight is 309 g/mol. The van der Waals surface area contributed by atoms with Crippen LogP contribution in [0.3, 0.4) is 0 Å². The Morgan fingerprint density at radius 1 is 1.10 bits per heavy atom. The molecule has 0 aliphatic rings. The van der Waals surface area contributed by atoms with Crippen LogP contribution in [0.4, 0.5) is 14.6 Å². The first-order valence-corrected chi connectivity index (χ1v) is 6.52. The van der Waals surface area contributed by atoms with Gasteiger partial charge in [-0.15, -0.1) is 0 Å². The minimum absolute atomic E-state index is 0.0151. The fourth-order valence-corrected chi connectivity index (χ4v) is 2.11. The normalized spacial score (nSPS) is 11.1. The average Bonchev–Trinajstić information content (AvgIpc) is 2.85. The summed E-state index contributed by atoms with van der Waals surface area (Å²) in [7, 11) is 3.71. The summed E-state index contributed by atoms with van der Waals surface area (Å²) in [6, 6.07) is 5.54. The van der Waals surface area contributed by atoms with E-state index in [9.17, 15) is 8.78 Å². The number of H-pyrrole nitrogens is 1. The Kier molecular flexibility index (Phi) is 3.25. The number of fused-ring (bicyclic) bond motifs is 1. The number of hydrogen-bond acceptors (Lipinski definition) is 3. The van der Waals surface area contributed by atoms with Gasteiger partial charge in [-0.05, 0) is 24.3 Å². The molecule has 108 valence electrons. The second-order valence-electron chi connectivity index (χ2n) is 4.77. The summed E-state index contributed by atoms with van der Waals surface area (Å²) in [6.45, 7) is 0. The molecule has 0 fully saturated rings. The lowest BCUT2D eigenvalue weighted by atomic mass is 10.2. The van der Waals surface area contributed by atoms with Gasteiger partial charge in [0.15, 0.2) is 5.65 Å². The molecule has 0 atom stereocenters. The monoisotopic (exact) mass is 308 g/mol. The Morgan fingerprint density at radius 3 is 2.57 bits per heavy atom. The Hall–Kier alpha value is -2.21. The van der Waals surface area contributed by atoms with Crippen molar-refractivity contribution in [3.05, 3.63) is 40.9 Å². The summed E-state index contributed by atoms with van der Waals surface area (Å²) in [5.41, 5.74) is 1.10. The lowest BCUT2D eigenvalue weighted by Crippen LogP contribution is -2.10. The predicted octanol–water partition coefficient (Wildman–Crippen LogP) is 3.62. The van der Waals surface area contributed by atoms with Crippen molar-refractivity contribution >= 4 is 28.6 Å². The number of pyridine rings is 1. The molecule has 2 heterocycles. The Morgan fingerprint density at radius 2 is 1.86 bits per heavy atom. The number of nitrogens with one attached hydrogen (secondary N) is 1. The molecule has 0 saturated heterocycles. The Balaban J connectivity index is 2.15. The van der Waals surface area contributed by atoms with Gasteiger partial charge in [0.1, 0.15) is 23.3 Å². The highest BCUT2D eigenvalue weighted by Crippen LogP contribution is 2.27. The molecule has 21 heavy (non-hydrogen) atoms. The zero-order chi connectivity index (χ0) is 15.1. The third kappa shape index (κ3) is 2.42. The zero-order valence-corrected chi connectivity index (χ0v) is 12.0. The summed E-state index contributed by atoms with van der Waals surface area (Å²) in [6.07, 6.45) is 0. The first-order chi connectivity index (χ1) is 9.95. The van der Waals surface area contributed by atoms with E-state index in [2.05, 4.69) is 15.0 Å². The highest BCUT2D eigenvalue weighted by Gasteiger charge is 2.14. The molecular formula is C14H11ClF2N4. The second-order valence-corrected chi connectivity index (χ2v) is 5.17. The standard InChI is InChI=1S/C14H11ClF2N4/c1-21(2)12-4-3-11-14(19-12)20-13(18-11)7-5-10(17)8(15)6-9(7)16/h3-6H,1-2H3,(H,18,19,20). The minimum Gasteiger partial charge on any atom is -0.363 e. The van der Waals surface area contributed by atoms with Crippen LogP contribution in [0.1, 0.15) is 0 Å². The maximum absolute atomic E-state index is 13.9. The third-order valence-electron chi connectivity index (χ3n) is 3.05. The van der Waals surface area contributed by atoms with E-state index in [4.69, 9.17) is 11.6 Å². The van der Waals surface area contributed by atoms with Crippen LogP contribution in [-0.4, -0.2) is 29.0 Å². The summed E-state index contributed by atoms with van der Waals surface area (Å²) < 4.78 is 27.4. The van der Waals surface area contributed by atoms with Crippen LogP contribution in [0.5, 0.6) is 0 Å². The summed E-state index contributed by atoms with van der Waals surface area (Å²) in [5.74, 6) is -0.409. The van der Waals surface area contributed by atoms with Gasteiger partial charge in [-0.3, -0.25) is 0 Å². The predicted molar refractivity (Wildman–Crippen MR) is 78.6 cm³/mol. The molecule has 0 unspecified atom stereocenters. The van der Waals surface area contributed by atoms with Crippen LogP contribution in [0.2, 0.25) is 5.02 Å². The van der Waals surface area contributed by atoms with Gasteiger partial charge in [0, 0.05) is 14.1 Å². The van der Waals surface area contributed by atoms with Crippen LogP contribution in [0, 0.1) is 11.6 Å². The smallest absolute Gasteiger partial charge is 0.180 e. The topological polar surface area (TPSA) is 44.8 Å². The number of benzene rings is 1. The second kappa shape index (κ2) is 4.96. The van der Waals surface area contributed by atoms with E-state index in [1.54, 1.807) is 6.07 Å². The number of rotatable bonds is 2. The number of hydrogen-bond donors (Lipinski definition) is 1. The van der Waals surface area contributed by atoms with Gasteiger partial charge >= 0.3 is 0 Å². The molecule has 2 aromatic heterocycles. The van der Waals surface area contributed by atoms with Gasteiger partial charge in [-0.25, -0.2) is 18.7 Å². The molecule has 1 N–H and O–H groups in total. The number of halogens is 3. The molecule has 0 saturated carbocycles. The van der Waals surface area contributed by atoms with Crippen LogP contribution < -0.4 is 4.90 Å². The Bertz CT molecular complexity index is 829. The molecule has 0 radical (unpaired) electrons. The third-order valence-corrected chi connectivity index (χ3v) is 3.34. The molecule has 0 aliphatic heterocycles. The lowest BCUT2D eigenvalue weighted by Gasteiger charge is -2.09. The molecule has 0 amide bonds. The number of aromatic amines is 1. The molecular weight excluding hydrogens is 298 g/mol. The molecule has 7 heteroatoms. The molecule has 0 aliphatic carbocycles. The minimum atomic E-state index is -0.699. The van der Waals surface area contributed by atoms with E-state index >= 15 is 0 Å². The van der Waals surface area contributed by atoms with Gasteiger partial charge in [0.2, 0.25) is 0 Å². The molecule has 0 spiro atoms. The SMILES string of the molecule is CN(C)c1ccc2[nH]c(-c3cc(F)c(Cl)cc3F)nc2n1. The first kappa shape index (κ1) is 13.8. The highest BCUT2D eigenvalue weighted by molar-refractivity contribution is 6.30. The number of imidazole rings is 1. The van der Waals surface area contributed by atoms with Crippen molar-refractivity contribution in [2.24, 2.45) is 0 Å². The molecule has 3 aromatic rings. The first-order valence-electron chi connectivity index (χ1n) is 6.14. The van der Waals surface area contributed by atoms with Gasteiger partial charge in [0.25, 0.3) is 0 Å². The van der Waals surface area contributed by atoms with E-state index in [0.717, 1.165) is 18.0 Å². The van der Waals surface area contributed by atoms with Crippen molar-refractivity contribution in [1.82, 2.24) is 15.0 Å². The van der Waals surface area contributed by atoms with Crippen LogP contribution in [0.25, 0.3) is 22.6 Å². The van der Waals surface area contributed by atoms with E-state index in [-0.39, 0.29) is 16.4 Å². The number of nitrogens with zero attached hydrogens (tertiary/aromatic N) is 3. The van der Waals surface area contributed by atoms with Gasteiger partial charge in [-0.1, -0.05) is 11.6 Å². The highest BCUT2D eigenvalue weighted by atomic mass is 35.5. The Labute approximate surface area is 124 Å².